The standard InChI is InChI=1S/C19H25N5O3S/c1-15-4-5-17(14-16(15)2)28(26,27)24-12-10-23(11-13-24)18(25)6-9-22-19-20-7-3-8-21-19/h3-5,7-8,14H,6,9-13H2,1-2H3,(H,20,21,22). The third kappa shape index (κ3) is 4.66. The summed E-state index contributed by atoms with van der Waals surface area (Å²) < 4.78 is 27.2. The first kappa shape index (κ1) is 20.2. The summed E-state index contributed by atoms with van der Waals surface area (Å²) in [5.74, 6) is 0.478. The number of carbonyl (C=O) groups excluding carboxylic acids is 1. The molecule has 2 aromatic rings. The normalized spacial score (nSPS) is 15.4. The molecule has 2 heterocycles. The van der Waals surface area contributed by atoms with E-state index in [0.717, 1.165) is 11.1 Å². The first-order chi connectivity index (χ1) is 13.4. The number of nitrogens with zero attached hydrogens (tertiary/aromatic N) is 4. The molecule has 0 aliphatic carbocycles. The van der Waals surface area contributed by atoms with Crippen molar-refractivity contribution >= 4 is 21.9 Å². The van der Waals surface area contributed by atoms with Gasteiger partial charge in [-0.15, -0.1) is 0 Å². The number of rotatable bonds is 6. The number of piperazine rings is 1. The van der Waals surface area contributed by atoms with Crippen molar-refractivity contribution in [1.29, 1.82) is 0 Å². The average Bonchev–Trinajstić information content (AvgIpc) is 2.71. The smallest absolute Gasteiger partial charge is 0.243 e. The topological polar surface area (TPSA) is 95.5 Å². The van der Waals surface area contributed by atoms with E-state index in [0.29, 0.717) is 50.0 Å². The molecule has 0 bridgehead atoms. The van der Waals surface area contributed by atoms with Crippen molar-refractivity contribution in [2.75, 3.05) is 38.0 Å². The highest BCUT2D eigenvalue weighted by molar-refractivity contribution is 7.89. The number of sulfonamides is 1. The summed E-state index contributed by atoms with van der Waals surface area (Å²) in [7, 11) is -3.54. The fraction of sp³-hybridized carbons (Fsp3) is 0.421. The van der Waals surface area contributed by atoms with Crippen LogP contribution in [0.2, 0.25) is 0 Å². The number of carbonyl (C=O) groups is 1. The molecule has 3 rings (SSSR count). The highest BCUT2D eigenvalue weighted by Gasteiger charge is 2.30. The molecule has 0 unspecified atom stereocenters. The van der Waals surface area contributed by atoms with Gasteiger partial charge in [0.2, 0.25) is 21.9 Å². The molecule has 9 heteroatoms. The van der Waals surface area contributed by atoms with Crippen LogP contribution in [-0.2, 0) is 14.8 Å². The second kappa shape index (κ2) is 8.66. The first-order valence-electron chi connectivity index (χ1n) is 9.24. The number of aromatic nitrogens is 2. The van der Waals surface area contributed by atoms with Crippen LogP contribution in [0, 0.1) is 13.8 Å². The summed E-state index contributed by atoms with van der Waals surface area (Å²) in [5.41, 5.74) is 2.01. The highest BCUT2D eigenvalue weighted by atomic mass is 32.2. The van der Waals surface area contributed by atoms with Gasteiger partial charge in [0.05, 0.1) is 4.90 Å². The van der Waals surface area contributed by atoms with Crippen LogP contribution in [0.3, 0.4) is 0 Å². The number of nitrogens with one attached hydrogen (secondary N) is 1. The summed E-state index contributed by atoms with van der Waals surface area (Å²) in [6, 6.07) is 6.90. The summed E-state index contributed by atoms with van der Waals surface area (Å²) in [6.45, 7) is 5.68. The molecule has 8 nitrogen and oxygen atoms in total. The van der Waals surface area contributed by atoms with Gasteiger partial charge >= 0.3 is 0 Å². The summed E-state index contributed by atoms with van der Waals surface area (Å²) in [5, 5.41) is 3.00. The lowest BCUT2D eigenvalue weighted by Crippen LogP contribution is -2.50. The highest BCUT2D eigenvalue weighted by Crippen LogP contribution is 2.20. The van der Waals surface area contributed by atoms with Crippen LogP contribution in [0.1, 0.15) is 17.5 Å². The second-order valence-electron chi connectivity index (χ2n) is 6.78. The van der Waals surface area contributed by atoms with E-state index in [-0.39, 0.29) is 5.91 Å². The van der Waals surface area contributed by atoms with E-state index in [2.05, 4.69) is 15.3 Å². The van der Waals surface area contributed by atoms with E-state index < -0.39 is 10.0 Å². The van der Waals surface area contributed by atoms with Gasteiger partial charge in [-0.2, -0.15) is 4.31 Å². The van der Waals surface area contributed by atoms with E-state index in [1.165, 1.54) is 4.31 Å². The second-order valence-corrected chi connectivity index (χ2v) is 8.72. The Kier molecular flexibility index (Phi) is 6.25. The van der Waals surface area contributed by atoms with Crippen molar-refractivity contribution in [3.05, 3.63) is 47.8 Å². The minimum atomic E-state index is -3.54. The molecule has 0 saturated carbocycles. The van der Waals surface area contributed by atoms with Gasteiger partial charge in [0.1, 0.15) is 0 Å². The van der Waals surface area contributed by atoms with Gasteiger partial charge in [-0.05, 0) is 43.2 Å². The maximum atomic E-state index is 12.9. The van der Waals surface area contributed by atoms with Crippen LogP contribution in [-0.4, -0.2) is 66.2 Å². The van der Waals surface area contributed by atoms with Gasteiger partial charge in [-0.25, -0.2) is 18.4 Å². The lowest BCUT2D eigenvalue weighted by Gasteiger charge is -2.34. The minimum Gasteiger partial charge on any atom is -0.354 e. The van der Waals surface area contributed by atoms with Crippen LogP contribution in [0.15, 0.2) is 41.6 Å². The van der Waals surface area contributed by atoms with Crippen LogP contribution < -0.4 is 5.32 Å². The Hall–Kier alpha value is -2.52. The van der Waals surface area contributed by atoms with E-state index in [1.54, 1.807) is 35.5 Å². The number of anilines is 1. The number of benzene rings is 1. The van der Waals surface area contributed by atoms with E-state index in [1.807, 2.05) is 19.9 Å². The molecule has 0 radical (unpaired) electrons. The van der Waals surface area contributed by atoms with Crippen molar-refractivity contribution in [3.8, 4) is 0 Å². The Morgan fingerprint density at radius 2 is 1.75 bits per heavy atom. The quantitative estimate of drug-likeness (QED) is 0.784. The predicted molar refractivity (Wildman–Crippen MR) is 106 cm³/mol. The molecule has 1 aliphatic rings. The molecule has 1 saturated heterocycles. The Bertz CT molecular complexity index is 926. The lowest BCUT2D eigenvalue weighted by atomic mass is 10.1. The van der Waals surface area contributed by atoms with Crippen LogP contribution in [0.4, 0.5) is 5.95 Å². The molecule has 0 spiro atoms. The average molecular weight is 404 g/mol. The van der Waals surface area contributed by atoms with Crippen LogP contribution >= 0.6 is 0 Å². The maximum absolute atomic E-state index is 12.9. The first-order valence-corrected chi connectivity index (χ1v) is 10.7. The molecule has 1 fully saturated rings. The summed E-state index contributed by atoms with van der Waals surface area (Å²) in [6.07, 6.45) is 3.57. The fourth-order valence-corrected chi connectivity index (χ4v) is 4.54. The molecular formula is C19H25N5O3S. The van der Waals surface area contributed by atoms with E-state index in [9.17, 15) is 13.2 Å². The van der Waals surface area contributed by atoms with Crippen molar-refractivity contribution in [3.63, 3.8) is 0 Å². The number of hydrogen-bond acceptors (Lipinski definition) is 6. The van der Waals surface area contributed by atoms with Gasteiger partial charge in [-0.3, -0.25) is 4.79 Å². The zero-order valence-corrected chi connectivity index (χ0v) is 16.9. The molecule has 1 amide bonds. The molecule has 28 heavy (non-hydrogen) atoms. The number of hydrogen-bond donors (Lipinski definition) is 1. The van der Waals surface area contributed by atoms with Gasteiger partial charge in [0.15, 0.2) is 0 Å². The lowest BCUT2D eigenvalue weighted by molar-refractivity contribution is -0.132. The Morgan fingerprint density at radius 3 is 2.39 bits per heavy atom. The van der Waals surface area contributed by atoms with Crippen molar-refractivity contribution in [1.82, 2.24) is 19.2 Å². The molecule has 1 aromatic carbocycles. The van der Waals surface area contributed by atoms with Crippen molar-refractivity contribution < 1.29 is 13.2 Å². The van der Waals surface area contributed by atoms with Crippen LogP contribution in [0.25, 0.3) is 0 Å². The molecule has 0 atom stereocenters. The SMILES string of the molecule is Cc1ccc(S(=O)(=O)N2CCN(C(=O)CCNc3ncccn3)CC2)cc1C. The summed E-state index contributed by atoms with van der Waals surface area (Å²) >= 11 is 0. The van der Waals surface area contributed by atoms with E-state index >= 15 is 0 Å². The third-order valence-electron chi connectivity index (χ3n) is 4.90. The zero-order chi connectivity index (χ0) is 20.1. The largest absolute Gasteiger partial charge is 0.354 e. The molecule has 1 aliphatic heterocycles. The van der Waals surface area contributed by atoms with Crippen molar-refractivity contribution in [2.45, 2.75) is 25.2 Å². The minimum absolute atomic E-state index is 0.00772. The summed E-state index contributed by atoms with van der Waals surface area (Å²) in [4.78, 5) is 22.5. The third-order valence-corrected chi connectivity index (χ3v) is 6.79. The van der Waals surface area contributed by atoms with E-state index in [4.69, 9.17) is 0 Å². The number of aryl methyl sites for hydroxylation is 2. The van der Waals surface area contributed by atoms with Crippen LogP contribution in [0.5, 0.6) is 0 Å². The Balaban J connectivity index is 1.52. The van der Waals surface area contributed by atoms with Gasteiger partial charge in [-0.1, -0.05) is 6.07 Å². The molecular weight excluding hydrogens is 378 g/mol. The van der Waals surface area contributed by atoms with Gasteiger partial charge in [0.25, 0.3) is 0 Å². The van der Waals surface area contributed by atoms with Crippen molar-refractivity contribution in [2.24, 2.45) is 0 Å². The molecule has 150 valence electrons. The van der Waals surface area contributed by atoms with Gasteiger partial charge < -0.3 is 10.2 Å². The molecule has 1 aromatic heterocycles. The molecule has 1 N–H and O–H groups in total. The fourth-order valence-electron chi connectivity index (χ4n) is 3.03. The Morgan fingerprint density at radius 1 is 1.07 bits per heavy atom. The zero-order valence-electron chi connectivity index (χ0n) is 16.1. The Labute approximate surface area is 165 Å². The van der Waals surface area contributed by atoms with Gasteiger partial charge in [0, 0.05) is 51.5 Å². The monoisotopic (exact) mass is 403 g/mol. The maximum Gasteiger partial charge on any atom is 0.243 e. The predicted octanol–water partition coefficient (Wildman–Crippen LogP) is 1.43. The number of amides is 1.